The Hall–Kier alpha value is -4.53. The molecule has 0 fully saturated rings. The monoisotopic (exact) mass is 472 g/mol. The molecule has 0 bridgehead atoms. The Morgan fingerprint density at radius 3 is 2.57 bits per heavy atom. The van der Waals surface area contributed by atoms with Crippen molar-refractivity contribution in [2.45, 2.75) is 20.3 Å². The summed E-state index contributed by atoms with van der Waals surface area (Å²) in [5, 5.41) is 8.49. The molecule has 9 nitrogen and oxygen atoms in total. The summed E-state index contributed by atoms with van der Waals surface area (Å²) in [5.41, 5.74) is 13.9. The molecule has 0 radical (unpaired) electrons. The van der Waals surface area contributed by atoms with Crippen molar-refractivity contribution < 1.29 is 9.53 Å². The lowest BCUT2D eigenvalue weighted by Gasteiger charge is -2.18. The van der Waals surface area contributed by atoms with E-state index in [9.17, 15) is 9.59 Å². The van der Waals surface area contributed by atoms with E-state index in [0.29, 0.717) is 23.5 Å². The van der Waals surface area contributed by atoms with E-state index in [2.05, 4.69) is 24.3 Å². The minimum absolute atomic E-state index is 0.0268. The Labute approximate surface area is 202 Å². The maximum absolute atomic E-state index is 13.1. The van der Waals surface area contributed by atoms with Crippen LogP contribution in [0, 0.1) is 6.92 Å². The normalized spacial score (nSPS) is 11.9. The fourth-order valence-electron chi connectivity index (χ4n) is 4.35. The van der Waals surface area contributed by atoms with Crippen molar-refractivity contribution in [1.82, 2.24) is 14.3 Å². The Morgan fingerprint density at radius 2 is 1.91 bits per heavy atom. The summed E-state index contributed by atoms with van der Waals surface area (Å²) in [4.78, 5) is 24.1. The van der Waals surface area contributed by atoms with E-state index in [0.717, 1.165) is 28.8 Å². The van der Waals surface area contributed by atoms with Gasteiger partial charge in [0, 0.05) is 24.1 Å². The van der Waals surface area contributed by atoms with E-state index in [1.165, 1.54) is 4.68 Å². The zero-order valence-electron chi connectivity index (χ0n) is 19.9. The minimum Gasteiger partial charge on any atom is -0.496 e. The van der Waals surface area contributed by atoms with Gasteiger partial charge in [0.2, 0.25) is 0 Å². The van der Waals surface area contributed by atoms with Crippen LogP contribution in [0.5, 0.6) is 5.75 Å². The molecular weight excluding hydrogens is 444 g/mol. The number of nitrogens with one attached hydrogen (secondary N) is 1. The predicted octanol–water partition coefficient (Wildman–Crippen LogP) is 3.33. The molecule has 1 aliphatic rings. The molecule has 5 rings (SSSR count). The smallest absolute Gasteiger partial charge is 0.266 e. The number of aryl methyl sites for hydroxylation is 1. The van der Waals surface area contributed by atoms with Gasteiger partial charge >= 0.3 is 0 Å². The van der Waals surface area contributed by atoms with Crippen molar-refractivity contribution in [3.63, 3.8) is 0 Å². The Morgan fingerprint density at radius 1 is 1.17 bits per heavy atom. The van der Waals surface area contributed by atoms with E-state index in [1.807, 2.05) is 54.6 Å². The number of ether oxygens (including phenoxy) is 1. The number of carbonyl (C=O) groups excluding carboxylic acids is 1. The number of carbonyl (C=O) groups is 1. The lowest BCUT2D eigenvalue weighted by molar-refractivity contribution is 0.100. The molecule has 2 aromatic heterocycles. The number of nitrogen functional groups attached to an aromatic ring is 1. The summed E-state index contributed by atoms with van der Waals surface area (Å²) in [6, 6.07) is 15.5. The number of aromatic nitrogens is 3. The number of primary amides is 1. The number of nitrogens with two attached hydrogens (primary N) is 2. The van der Waals surface area contributed by atoms with Gasteiger partial charge in [0.25, 0.3) is 11.5 Å². The summed E-state index contributed by atoms with van der Waals surface area (Å²) in [6.45, 7) is 4.79. The SMILES string of the molecule is CCc1c(C)c2cccc(OC)c2c(=O)n1-c1ccccc1.NC(=O)c1c(N)nn2c1NCC=C2. The first-order chi connectivity index (χ1) is 16.9. The molecule has 0 saturated carbocycles. The van der Waals surface area contributed by atoms with Crippen molar-refractivity contribution in [3.8, 4) is 11.4 Å². The van der Waals surface area contributed by atoms with Gasteiger partial charge in [0.15, 0.2) is 5.82 Å². The average molecular weight is 473 g/mol. The number of hydrogen-bond acceptors (Lipinski definition) is 6. The third kappa shape index (κ3) is 4.23. The number of benzene rings is 2. The van der Waals surface area contributed by atoms with Gasteiger partial charge in [-0.1, -0.05) is 37.3 Å². The summed E-state index contributed by atoms with van der Waals surface area (Å²) in [5.74, 6) is 0.772. The van der Waals surface area contributed by atoms with Gasteiger partial charge in [-0.2, -0.15) is 0 Å². The van der Waals surface area contributed by atoms with Crippen LogP contribution in [-0.2, 0) is 6.42 Å². The van der Waals surface area contributed by atoms with Crippen LogP contribution in [0.4, 0.5) is 11.6 Å². The van der Waals surface area contributed by atoms with Crippen LogP contribution in [0.15, 0.2) is 59.4 Å². The second-order valence-electron chi connectivity index (χ2n) is 7.97. The van der Waals surface area contributed by atoms with Crippen LogP contribution >= 0.6 is 0 Å². The van der Waals surface area contributed by atoms with Crippen molar-refractivity contribution in [1.29, 1.82) is 0 Å². The quantitative estimate of drug-likeness (QED) is 0.418. The van der Waals surface area contributed by atoms with Gasteiger partial charge in [0.1, 0.15) is 17.1 Å². The molecule has 3 heterocycles. The molecule has 2 aromatic carbocycles. The highest BCUT2D eigenvalue weighted by atomic mass is 16.5. The third-order valence-electron chi connectivity index (χ3n) is 5.94. The number of hydrogen-bond donors (Lipinski definition) is 3. The van der Waals surface area contributed by atoms with Crippen molar-refractivity contribution in [2.75, 3.05) is 24.7 Å². The standard InChI is InChI=1S/C19H19NO2.C7H9N5O/c1-4-16-13(2)15-11-8-12-17(22-3)18(15)19(21)20(16)14-9-6-5-7-10-14;8-5-4(6(9)13)7-10-2-1-3-12(7)11-5/h5-12H,4H2,1-3H3;1,3,10H,2H2,(H2,8,11)(H2,9,13). The number of nitrogens with zero attached hydrogens (tertiary/aromatic N) is 3. The van der Waals surface area contributed by atoms with Gasteiger partial charge < -0.3 is 21.5 Å². The van der Waals surface area contributed by atoms with Gasteiger partial charge in [-0.15, -0.1) is 5.10 Å². The topological polar surface area (TPSA) is 130 Å². The highest BCUT2D eigenvalue weighted by Crippen LogP contribution is 2.28. The molecule has 35 heavy (non-hydrogen) atoms. The summed E-state index contributed by atoms with van der Waals surface area (Å²) in [6.07, 6.45) is 4.39. The van der Waals surface area contributed by atoms with Crippen LogP contribution in [0.2, 0.25) is 0 Å². The number of methoxy groups -OCH3 is 1. The molecule has 0 atom stereocenters. The van der Waals surface area contributed by atoms with Gasteiger partial charge in [-0.05, 0) is 48.6 Å². The van der Waals surface area contributed by atoms with Gasteiger partial charge in [-0.3, -0.25) is 14.2 Å². The second-order valence-corrected chi connectivity index (χ2v) is 7.97. The average Bonchev–Trinajstić information content (AvgIpc) is 3.22. The van der Waals surface area contributed by atoms with Crippen molar-refractivity contribution in [3.05, 3.63) is 81.8 Å². The molecule has 5 N–H and O–H groups in total. The van der Waals surface area contributed by atoms with Gasteiger partial charge in [0.05, 0.1) is 12.5 Å². The zero-order valence-corrected chi connectivity index (χ0v) is 19.9. The number of fused-ring (bicyclic) bond motifs is 2. The van der Waals surface area contributed by atoms with Crippen LogP contribution < -0.4 is 27.1 Å². The van der Waals surface area contributed by atoms with Crippen LogP contribution in [0.1, 0.15) is 28.5 Å². The summed E-state index contributed by atoms with van der Waals surface area (Å²) < 4.78 is 8.72. The van der Waals surface area contributed by atoms with Crippen LogP contribution in [0.3, 0.4) is 0 Å². The molecule has 1 amide bonds. The molecule has 0 spiro atoms. The summed E-state index contributed by atoms with van der Waals surface area (Å²) in [7, 11) is 1.60. The van der Waals surface area contributed by atoms with E-state index >= 15 is 0 Å². The lowest BCUT2D eigenvalue weighted by atomic mass is 10.0. The first-order valence-corrected chi connectivity index (χ1v) is 11.2. The fourth-order valence-corrected chi connectivity index (χ4v) is 4.35. The second kappa shape index (κ2) is 9.76. The van der Waals surface area contributed by atoms with Crippen molar-refractivity contribution in [2.24, 2.45) is 5.73 Å². The van der Waals surface area contributed by atoms with E-state index in [4.69, 9.17) is 16.2 Å². The first kappa shape index (κ1) is 23.6. The zero-order chi connectivity index (χ0) is 25.1. The minimum atomic E-state index is -0.568. The molecule has 0 saturated heterocycles. The summed E-state index contributed by atoms with van der Waals surface area (Å²) >= 11 is 0. The first-order valence-electron chi connectivity index (χ1n) is 11.2. The molecule has 4 aromatic rings. The number of anilines is 2. The highest BCUT2D eigenvalue weighted by Gasteiger charge is 2.20. The van der Waals surface area contributed by atoms with E-state index < -0.39 is 5.91 Å². The number of rotatable bonds is 4. The molecule has 1 aliphatic heterocycles. The number of para-hydroxylation sites is 1. The molecule has 0 unspecified atom stereocenters. The maximum atomic E-state index is 13.1. The fraction of sp³-hybridized carbons (Fsp3) is 0.192. The molecule has 9 heteroatoms. The maximum Gasteiger partial charge on any atom is 0.266 e. The van der Waals surface area contributed by atoms with Gasteiger partial charge in [-0.25, -0.2) is 4.68 Å². The molecular formula is C26H28N6O3. The van der Waals surface area contributed by atoms with E-state index in [1.54, 1.807) is 17.9 Å². The van der Waals surface area contributed by atoms with E-state index in [-0.39, 0.29) is 16.9 Å². The largest absolute Gasteiger partial charge is 0.496 e. The highest BCUT2D eigenvalue weighted by molar-refractivity contribution is 6.02. The molecule has 180 valence electrons. The number of amides is 1. The van der Waals surface area contributed by atoms with Crippen molar-refractivity contribution >= 4 is 34.5 Å². The van der Waals surface area contributed by atoms with Crippen LogP contribution in [0.25, 0.3) is 22.7 Å². The van der Waals surface area contributed by atoms with Crippen LogP contribution in [-0.4, -0.2) is 33.9 Å². The Kier molecular flexibility index (Phi) is 6.59. The third-order valence-corrected chi connectivity index (χ3v) is 5.94. The Balaban J connectivity index is 0.000000189. The predicted molar refractivity (Wildman–Crippen MR) is 139 cm³/mol. The molecule has 0 aliphatic carbocycles. The Bertz CT molecular complexity index is 1480. The number of pyridine rings is 1. The lowest BCUT2D eigenvalue weighted by Crippen LogP contribution is -2.23.